The molecule has 0 rings (SSSR count). The average Bonchev–Trinajstić information content (AvgIpc) is 2.13. The minimum atomic E-state index is -3.80. The molecule has 0 amide bonds. The molecule has 0 fully saturated rings. The fourth-order valence-electron chi connectivity index (χ4n) is 1.05. The smallest absolute Gasteiger partial charge is 0.452 e. The summed E-state index contributed by atoms with van der Waals surface area (Å²) in [4.78, 5) is 33.1. The van der Waals surface area contributed by atoms with E-state index in [1.807, 2.05) is 0 Å². The van der Waals surface area contributed by atoms with Crippen LogP contribution >= 0.6 is 0 Å². The maximum Gasteiger partial charge on any atom is 0.735 e. The Bertz CT molecular complexity index is 344. The SMILES string of the molecule is CC=CC=C[Si](OC(C)=O)(OC(C)=O)OC(C)=O. The minimum absolute atomic E-state index is 0.700. The second-order valence-electron chi connectivity index (χ2n) is 3.27. The Morgan fingerprint density at radius 1 is 0.833 bits per heavy atom. The largest absolute Gasteiger partial charge is 0.735 e. The molecule has 0 saturated carbocycles. The standard InChI is InChI=1S/C11H16O6Si/c1-5-6-7-8-18(15-9(2)12,16-10(3)13)17-11(4)14/h5-8H,1-4H3. The number of carbonyl (C=O) groups is 3. The maximum atomic E-state index is 11.0. The monoisotopic (exact) mass is 272 g/mol. The molecular weight excluding hydrogens is 256 g/mol. The fourth-order valence-corrected chi connectivity index (χ4v) is 2.93. The third-order valence-corrected chi connectivity index (χ3v) is 3.78. The van der Waals surface area contributed by atoms with E-state index in [1.165, 1.54) is 11.8 Å². The molecule has 0 N–H and O–H groups in total. The van der Waals surface area contributed by atoms with Gasteiger partial charge >= 0.3 is 8.80 Å². The number of hydrogen-bond donors (Lipinski definition) is 0. The lowest BCUT2D eigenvalue weighted by molar-refractivity contribution is -0.146. The quantitative estimate of drug-likeness (QED) is 0.554. The van der Waals surface area contributed by atoms with Gasteiger partial charge in [0.2, 0.25) is 0 Å². The minimum Gasteiger partial charge on any atom is -0.452 e. The van der Waals surface area contributed by atoms with E-state index in [0.29, 0.717) is 0 Å². The van der Waals surface area contributed by atoms with Crippen molar-refractivity contribution in [2.75, 3.05) is 0 Å². The first-order valence-corrected chi connectivity index (χ1v) is 7.01. The van der Waals surface area contributed by atoms with Crippen LogP contribution in [0, 0.1) is 0 Å². The molecule has 7 heteroatoms. The maximum absolute atomic E-state index is 11.0. The second kappa shape index (κ2) is 7.44. The van der Waals surface area contributed by atoms with Crippen LogP contribution < -0.4 is 0 Å². The van der Waals surface area contributed by atoms with Crippen LogP contribution in [-0.2, 0) is 27.7 Å². The first-order chi connectivity index (χ1) is 8.31. The zero-order valence-electron chi connectivity index (χ0n) is 10.8. The van der Waals surface area contributed by atoms with E-state index in [2.05, 4.69) is 0 Å². The van der Waals surface area contributed by atoms with Gasteiger partial charge in [0, 0.05) is 26.5 Å². The van der Waals surface area contributed by atoms with Crippen LogP contribution in [-0.4, -0.2) is 26.7 Å². The van der Waals surface area contributed by atoms with E-state index >= 15 is 0 Å². The van der Waals surface area contributed by atoms with E-state index in [4.69, 9.17) is 13.3 Å². The number of hydrogen-bond acceptors (Lipinski definition) is 6. The molecule has 0 spiro atoms. The summed E-state index contributed by atoms with van der Waals surface area (Å²) in [5.41, 5.74) is 1.29. The van der Waals surface area contributed by atoms with Gasteiger partial charge in [-0.1, -0.05) is 18.2 Å². The molecule has 0 aromatic heterocycles. The summed E-state index contributed by atoms with van der Waals surface area (Å²) in [7, 11) is -3.80. The van der Waals surface area contributed by atoms with Crippen molar-refractivity contribution in [1.29, 1.82) is 0 Å². The van der Waals surface area contributed by atoms with Gasteiger partial charge in [-0.2, -0.15) is 0 Å². The molecule has 0 aliphatic carbocycles. The Kier molecular flexibility index (Phi) is 6.65. The van der Waals surface area contributed by atoms with Gasteiger partial charge in [-0.3, -0.25) is 14.4 Å². The van der Waals surface area contributed by atoms with Gasteiger partial charge in [-0.15, -0.1) is 0 Å². The molecule has 0 bridgehead atoms. The van der Waals surface area contributed by atoms with Crippen LogP contribution in [0.5, 0.6) is 0 Å². The molecule has 0 aromatic carbocycles. The Labute approximate surface area is 107 Å². The predicted molar refractivity (Wildman–Crippen MR) is 65.0 cm³/mol. The molecule has 0 aliphatic rings. The Morgan fingerprint density at radius 3 is 1.50 bits per heavy atom. The zero-order chi connectivity index (χ0) is 14.2. The summed E-state index contributed by atoms with van der Waals surface area (Å²) >= 11 is 0. The average molecular weight is 272 g/mol. The van der Waals surface area contributed by atoms with E-state index in [1.54, 1.807) is 19.1 Å². The molecule has 100 valence electrons. The van der Waals surface area contributed by atoms with E-state index in [9.17, 15) is 14.4 Å². The summed E-state index contributed by atoms with van der Waals surface area (Å²) in [6, 6.07) is 0. The number of carbonyl (C=O) groups excluding carboxylic acids is 3. The van der Waals surface area contributed by atoms with Crippen molar-refractivity contribution >= 4 is 26.7 Å². The molecule has 18 heavy (non-hydrogen) atoms. The highest BCUT2D eigenvalue weighted by Crippen LogP contribution is 2.13. The first-order valence-electron chi connectivity index (χ1n) is 5.20. The first kappa shape index (κ1) is 16.1. The van der Waals surface area contributed by atoms with Crippen molar-refractivity contribution in [3.05, 3.63) is 23.9 Å². The van der Waals surface area contributed by atoms with E-state index in [-0.39, 0.29) is 0 Å². The molecule has 0 unspecified atom stereocenters. The highest BCUT2D eigenvalue weighted by atomic mass is 28.4. The van der Waals surface area contributed by atoms with Crippen molar-refractivity contribution < 1.29 is 27.7 Å². The normalized spacial score (nSPS) is 11.6. The van der Waals surface area contributed by atoms with Crippen LogP contribution in [0.4, 0.5) is 0 Å². The molecular formula is C11H16O6Si. The lowest BCUT2D eigenvalue weighted by atomic mass is 10.5. The molecule has 0 aromatic rings. The van der Waals surface area contributed by atoms with Crippen LogP contribution in [0.15, 0.2) is 23.9 Å². The van der Waals surface area contributed by atoms with Gasteiger partial charge in [-0.05, 0) is 6.92 Å². The van der Waals surface area contributed by atoms with E-state index in [0.717, 1.165) is 20.8 Å². The highest BCUT2D eigenvalue weighted by Gasteiger charge is 2.49. The molecule has 0 aliphatic heterocycles. The van der Waals surface area contributed by atoms with Crippen molar-refractivity contribution in [3.8, 4) is 0 Å². The van der Waals surface area contributed by atoms with Crippen molar-refractivity contribution in [1.82, 2.24) is 0 Å². The molecule has 0 saturated heterocycles. The fraction of sp³-hybridized carbons (Fsp3) is 0.364. The summed E-state index contributed by atoms with van der Waals surface area (Å²) < 4.78 is 14.7. The summed E-state index contributed by atoms with van der Waals surface area (Å²) in [6.45, 7) is 5.19. The predicted octanol–water partition coefficient (Wildman–Crippen LogP) is 1.29. The van der Waals surface area contributed by atoms with Crippen LogP contribution in [0.2, 0.25) is 0 Å². The lowest BCUT2D eigenvalue weighted by Crippen LogP contribution is -2.48. The third kappa shape index (κ3) is 6.64. The topological polar surface area (TPSA) is 78.9 Å². The summed E-state index contributed by atoms with van der Waals surface area (Å²) in [5.74, 6) is -2.10. The molecule has 0 radical (unpaired) electrons. The Hall–Kier alpha value is -1.89. The third-order valence-electron chi connectivity index (χ3n) is 1.46. The zero-order valence-corrected chi connectivity index (χ0v) is 11.8. The highest BCUT2D eigenvalue weighted by molar-refractivity contribution is 6.70. The van der Waals surface area contributed by atoms with Crippen molar-refractivity contribution in [3.63, 3.8) is 0 Å². The molecule has 0 heterocycles. The van der Waals surface area contributed by atoms with Gasteiger partial charge in [0.05, 0.1) is 0 Å². The van der Waals surface area contributed by atoms with Crippen molar-refractivity contribution in [2.24, 2.45) is 0 Å². The Balaban J connectivity index is 5.28. The van der Waals surface area contributed by atoms with Gasteiger partial charge in [0.25, 0.3) is 17.9 Å². The van der Waals surface area contributed by atoms with Gasteiger partial charge < -0.3 is 13.3 Å². The number of allylic oxidation sites excluding steroid dienone is 3. The van der Waals surface area contributed by atoms with Gasteiger partial charge in [0.1, 0.15) is 0 Å². The summed E-state index contributed by atoms with van der Waals surface area (Å²) in [5, 5.41) is 0. The molecule has 6 nitrogen and oxygen atoms in total. The van der Waals surface area contributed by atoms with Crippen LogP contribution in [0.1, 0.15) is 27.7 Å². The second-order valence-corrected chi connectivity index (χ2v) is 5.42. The Morgan fingerprint density at radius 2 is 1.22 bits per heavy atom. The van der Waals surface area contributed by atoms with Gasteiger partial charge in [0.15, 0.2) is 0 Å². The van der Waals surface area contributed by atoms with Gasteiger partial charge in [-0.25, -0.2) is 0 Å². The number of rotatable bonds is 5. The van der Waals surface area contributed by atoms with Crippen LogP contribution in [0.25, 0.3) is 0 Å². The summed E-state index contributed by atoms with van der Waals surface area (Å²) in [6.07, 6.45) is 4.82. The van der Waals surface area contributed by atoms with Crippen molar-refractivity contribution in [2.45, 2.75) is 27.7 Å². The van der Waals surface area contributed by atoms with E-state index < -0.39 is 26.7 Å². The van der Waals surface area contributed by atoms with Crippen LogP contribution in [0.3, 0.4) is 0 Å². The lowest BCUT2D eigenvalue weighted by Gasteiger charge is -2.22. The molecule has 0 atom stereocenters.